The number of hydrogen-bond acceptors (Lipinski definition) is 4. The van der Waals surface area contributed by atoms with E-state index in [1.807, 2.05) is 0 Å². The number of rotatable bonds is 9. The third-order valence-corrected chi connectivity index (χ3v) is 3.90. The zero-order valence-electron chi connectivity index (χ0n) is 12.2. The van der Waals surface area contributed by atoms with Crippen LogP contribution in [-0.2, 0) is 4.74 Å². The predicted octanol–water partition coefficient (Wildman–Crippen LogP) is 1.10. The molecule has 18 heavy (non-hydrogen) atoms. The molecule has 2 N–H and O–H groups in total. The molecule has 1 atom stereocenters. The first-order valence-electron chi connectivity index (χ1n) is 7.18. The molecule has 0 aromatic carbocycles. The van der Waals surface area contributed by atoms with Gasteiger partial charge >= 0.3 is 0 Å². The minimum Gasteiger partial charge on any atom is -0.389 e. The number of methoxy groups -OCH3 is 1. The van der Waals surface area contributed by atoms with Crippen molar-refractivity contribution in [1.29, 1.82) is 0 Å². The van der Waals surface area contributed by atoms with Crippen molar-refractivity contribution in [3.8, 4) is 0 Å². The van der Waals surface area contributed by atoms with Gasteiger partial charge in [-0.3, -0.25) is 0 Å². The Kier molecular flexibility index (Phi) is 7.15. The smallest absolute Gasteiger partial charge is 0.0899 e. The van der Waals surface area contributed by atoms with Crippen molar-refractivity contribution in [2.45, 2.75) is 38.7 Å². The molecule has 4 heteroatoms. The molecule has 1 saturated carbocycles. The largest absolute Gasteiger partial charge is 0.389 e. The number of ether oxygens (including phenoxy) is 1. The zero-order chi connectivity index (χ0) is 13.4. The standard InChI is InChI=1S/C14H30N2O2/c1-4-15-11-14(7-5-6-8-14)12-16(2)9-13(17)10-18-3/h13,15,17H,4-12H2,1-3H3. The number of hydrogen-bond donors (Lipinski definition) is 2. The van der Waals surface area contributed by atoms with Crippen molar-refractivity contribution < 1.29 is 9.84 Å². The van der Waals surface area contributed by atoms with Crippen LogP contribution in [0.2, 0.25) is 0 Å². The van der Waals surface area contributed by atoms with Crippen molar-refractivity contribution >= 4 is 0 Å². The summed E-state index contributed by atoms with van der Waals surface area (Å²) in [7, 11) is 3.73. The van der Waals surface area contributed by atoms with Gasteiger partial charge in [0.25, 0.3) is 0 Å². The molecule has 0 heterocycles. The number of aliphatic hydroxyl groups excluding tert-OH is 1. The van der Waals surface area contributed by atoms with Gasteiger partial charge in [0.05, 0.1) is 12.7 Å². The van der Waals surface area contributed by atoms with Crippen LogP contribution in [0.25, 0.3) is 0 Å². The highest BCUT2D eigenvalue weighted by Gasteiger charge is 2.34. The molecule has 0 bridgehead atoms. The number of likely N-dealkylation sites (N-methyl/N-ethyl adjacent to an activating group) is 1. The van der Waals surface area contributed by atoms with E-state index in [1.54, 1.807) is 7.11 Å². The average Bonchev–Trinajstić information content (AvgIpc) is 2.75. The van der Waals surface area contributed by atoms with E-state index >= 15 is 0 Å². The first kappa shape index (κ1) is 15.9. The summed E-state index contributed by atoms with van der Waals surface area (Å²) < 4.78 is 4.98. The van der Waals surface area contributed by atoms with E-state index in [0.29, 0.717) is 18.6 Å². The van der Waals surface area contributed by atoms with Crippen molar-refractivity contribution in [3.63, 3.8) is 0 Å². The molecule has 1 rings (SSSR count). The highest BCUT2D eigenvalue weighted by atomic mass is 16.5. The summed E-state index contributed by atoms with van der Waals surface area (Å²) in [4.78, 5) is 2.26. The molecule has 0 radical (unpaired) electrons. The molecule has 1 unspecified atom stereocenters. The Morgan fingerprint density at radius 2 is 2.06 bits per heavy atom. The predicted molar refractivity (Wildman–Crippen MR) is 74.8 cm³/mol. The van der Waals surface area contributed by atoms with Gasteiger partial charge in [-0.1, -0.05) is 19.8 Å². The monoisotopic (exact) mass is 258 g/mol. The minimum atomic E-state index is -0.377. The van der Waals surface area contributed by atoms with Crippen LogP contribution in [0.1, 0.15) is 32.6 Å². The van der Waals surface area contributed by atoms with Gasteiger partial charge in [-0.2, -0.15) is 0 Å². The highest BCUT2D eigenvalue weighted by molar-refractivity contribution is 4.89. The Bertz CT molecular complexity index is 218. The fraction of sp³-hybridized carbons (Fsp3) is 1.00. The van der Waals surface area contributed by atoms with Crippen LogP contribution in [0.15, 0.2) is 0 Å². The lowest BCUT2D eigenvalue weighted by atomic mass is 9.85. The summed E-state index contributed by atoms with van der Waals surface area (Å²) in [5.74, 6) is 0. The second-order valence-electron chi connectivity index (χ2n) is 5.79. The summed E-state index contributed by atoms with van der Waals surface area (Å²) >= 11 is 0. The van der Waals surface area contributed by atoms with Crippen LogP contribution < -0.4 is 5.32 Å². The Morgan fingerprint density at radius 3 is 2.61 bits per heavy atom. The minimum absolute atomic E-state index is 0.377. The van der Waals surface area contributed by atoms with Gasteiger partial charge in [0.2, 0.25) is 0 Å². The summed E-state index contributed by atoms with van der Waals surface area (Å²) in [6, 6.07) is 0. The molecule has 0 saturated heterocycles. The van der Waals surface area contributed by atoms with Gasteiger partial charge in [-0.15, -0.1) is 0 Å². The first-order chi connectivity index (χ1) is 8.62. The van der Waals surface area contributed by atoms with Gasteiger partial charge in [-0.05, 0) is 31.8 Å². The fourth-order valence-corrected chi connectivity index (χ4v) is 3.15. The Balaban J connectivity index is 2.40. The molecule has 1 aliphatic rings. The Labute approximate surface area is 112 Å². The summed E-state index contributed by atoms with van der Waals surface area (Å²) in [6.45, 7) is 6.49. The zero-order valence-corrected chi connectivity index (χ0v) is 12.2. The highest BCUT2D eigenvalue weighted by Crippen LogP contribution is 2.38. The molecule has 1 fully saturated rings. The van der Waals surface area contributed by atoms with Gasteiger partial charge in [0.15, 0.2) is 0 Å². The maximum absolute atomic E-state index is 9.77. The second-order valence-corrected chi connectivity index (χ2v) is 5.79. The van der Waals surface area contributed by atoms with Crippen LogP contribution >= 0.6 is 0 Å². The number of nitrogens with one attached hydrogen (secondary N) is 1. The maximum atomic E-state index is 9.77. The van der Waals surface area contributed by atoms with Gasteiger partial charge < -0.3 is 20.1 Å². The van der Waals surface area contributed by atoms with E-state index in [1.165, 1.54) is 25.7 Å². The fourth-order valence-electron chi connectivity index (χ4n) is 3.15. The van der Waals surface area contributed by atoms with Gasteiger partial charge in [0, 0.05) is 26.7 Å². The third kappa shape index (κ3) is 5.22. The lowest BCUT2D eigenvalue weighted by molar-refractivity contribution is 0.0336. The van der Waals surface area contributed by atoms with E-state index in [2.05, 4.69) is 24.2 Å². The SMILES string of the molecule is CCNCC1(CN(C)CC(O)COC)CCCC1. The number of nitrogens with zero attached hydrogens (tertiary/aromatic N) is 1. The molecule has 0 aromatic rings. The molecule has 0 aliphatic heterocycles. The summed E-state index contributed by atoms with van der Waals surface area (Å²) in [5, 5.41) is 13.3. The van der Waals surface area contributed by atoms with Crippen LogP contribution in [0.4, 0.5) is 0 Å². The molecule has 0 aromatic heterocycles. The van der Waals surface area contributed by atoms with E-state index in [-0.39, 0.29) is 6.10 Å². The quantitative estimate of drug-likeness (QED) is 0.650. The van der Waals surface area contributed by atoms with Crippen LogP contribution in [0.3, 0.4) is 0 Å². The van der Waals surface area contributed by atoms with Crippen LogP contribution in [0.5, 0.6) is 0 Å². The molecule has 0 spiro atoms. The van der Waals surface area contributed by atoms with Crippen molar-refractivity contribution in [3.05, 3.63) is 0 Å². The Hall–Kier alpha value is -0.160. The van der Waals surface area contributed by atoms with Gasteiger partial charge in [-0.25, -0.2) is 0 Å². The maximum Gasteiger partial charge on any atom is 0.0899 e. The first-order valence-corrected chi connectivity index (χ1v) is 7.18. The van der Waals surface area contributed by atoms with E-state index in [9.17, 15) is 5.11 Å². The number of aliphatic hydroxyl groups is 1. The molecular weight excluding hydrogens is 228 g/mol. The van der Waals surface area contributed by atoms with Crippen molar-refractivity contribution in [2.75, 3.05) is 46.9 Å². The lowest BCUT2D eigenvalue weighted by Gasteiger charge is -2.34. The van der Waals surface area contributed by atoms with Crippen molar-refractivity contribution in [2.24, 2.45) is 5.41 Å². The summed E-state index contributed by atoms with van der Waals surface area (Å²) in [6.07, 6.45) is 4.94. The van der Waals surface area contributed by atoms with Crippen LogP contribution in [0, 0.1) is 5.41 Å². The second kappa shape index (κ2) is 8.10. The topological polar surface area (TPSA) is 44.7 Å². The molecular formula is C14H30N2O2. The lowest BCUT2D eigenvalue weighted by Crippen LogP contribution is -2.44. The van der Waals surface area contributed by atoms with Gasteiger partial charge in [0.1, 0.15) is 0 Å². The van der Waals surface area contributed by atoms with E-state index in [4.69, 9.17) is 4.74 Å². The third-order valence-electron chi connectivity index (χ3n) is 3.90. The van der Waals surface area contributed by atoms with Crippen molar-refractivity contribution in [1.82, 2.24) is 10.2 Å². The molecule has 0 amide bonds. The molecule has 4 nitrogen and oxygen atoms in total. The van der Waals surface area contributed by atoms with E-state index in [0.717, 1.165) is 19.6 Å². The Morgan fingerprint density at radius 1 is 1.39 bits per heavy atom. The van der Waals surface area contributed by atoms with Crippen LogP contribution in [-0.4, -0.2) is 63.1 Å². The average molecular weight is 258 g/mol. The summed E-state index contributed by atoms with van der Waals surface area (Å²) in [5.41, 5.74) is 0.414. The molecule has 1 aliphatic carbocycles. The molecule has 108 valence electrons. The van der Waals surface area contributed by atoms with E-state index < -0.39 is 0 Å². The normalized spacial score (nSPS) is 20.5.